The molecule has 1 atom stereocenters. The average molecular weight is 343 g/mol. The second-order valence-corrected chi connectivity index (χ2v) is 7.15. The van der Waals surface area contributed by atoms with Crippen molar-refractivity contribution < 1.29 is 23.8 Å². The molecule has 0 fully saturated rings. The minimum atomic E-state index is -1.14. The topological polar surface area (TPSA) is 75.6 Å². The van der Waals surface area contributed by atoms with Gasteiger partial charge in [0.2, 0.25) is 0 Å². The van der Waals surface area contributed by atoms with E-state index < -0.39 is 23.7 Å². The van der Waals surface area contributed by atoms with E-state index in [4.69, 9.17) is 4.74 Å². The normalized spacial score (nSPS) is 12.6. The Kier molecular flexibility index (Phi) is 6.87. The first-order valence-corrected chi connectivity index (χ1v) is 8.29. The summed E-state index contributed by atoms with van der Waals surface area (Å²) in [5.74, 6) is -0.847. The predicted octanol–water partition coefficient (Wildman–Crippen LogP) is 3.35. The van der Waals surface area contributed by atoms with Crippen LogP contribution in [0.5, 0.6) is 0 Å². The maximum atomic E-state index is 13.2. The van der Waals surface area contributed by atoms with Crippen molar-refractivity contribution in [3.63, 3.8) is 0 Å². The summed E-state index contributed by atoms with van der Waals surface area (Å²) < 4.78 is 18.3. The Labute approximate surface area is 139 Å². The molecule has 1 rings (SSSR count). The van der Waals surface area contributed by atoms with Crippen LogP contribution in [0.2, 0.25) is 0 Å². The van der Waals surface area contributed by atoms with Crippen LogP contribution in [0.3, 0.4) is 0 Å². The van der Waals surface area contributed by atoms with Gasteiger partial charge in [0.05, 0.1) is 0 Å². The van der Waals surface area contributed by atoms with Gasteiger partial charge in [-0.05, 0) is 51.0 Å². The molecular formula is C16H22FNO4S. The van der Waals surface area contributed by atoms with E-state index in [9.17, 15) is 19.1 Å². The average Bonchev–Trinajstić information content (AvgIpc) is 2.39. The number of thioether (sulfide) groups is 1. The van der Waals surface area contributed by atoms with Gasteiger partial charge in [-0.2, -0.15) is 11.8 Å². The number of halogens is 1. The molecule has 0 aliphatic rings. The number of benzene rings is 1. The minimum Gasteiger partial charge on any atom is -0.480 e. The molecule has 128 valence electrons. The first-order chi connectivity index (χ1) is 10.6. The number of aryl methyl sites for hydroxylation is 1. The maximum Gasteiger partial charge on any atom is 0.408 e. The van der Waals surface area contributed by atoms with Crippen LogP contribution in [0.1, 0.15) is 31.9 Å². The number of rotatable bonds is 6. The third-order valence-electron chi connectivity index (χ3n) is 2.84. The lowest BCUT2D eigenvalue weighted by molar-refractivity contribution is -0.138. The van der Waals surface area contributed by atoms with Crippen molar-refractivity contribution in [2.45, 2.75) is 45.1 Å². The van der Waals surface area contributed by atoms with E-state index in [1.807, 2.05) is 6.92 Å². The molecule has 0 saturated carbocycles. The molecule has 0 aromatic heterocycles. The molecule has 1 aromatic rings. The SMILES string of the molecule is Cc1ccc(F)cc1CSCC(NC(=O)OC(C)(C)C)C(=O)O. The van der Waals surface area contributed by atoms with Crippen LogP contribution < -0.4 is 5.32 Å². The van der Waals surface area contributed by atoms with Crippen molar-refractivity contribution in [1.29, 1.82) is 0 Å². The first-order valence-electron chi connectivity index (χ1n) is 7.13. The summed E-state index contributed by atoms with van der Waals surface area (Å²) in [5.41, 5.74) is 1.04. The van der Waals surface area contributed by atoms with Crippen molar-refractivity contribution in [3.05, 3.63) is 35.1 Å². The highest BCUT2D eigenvalue weighted by atomic mass is 32.2. The summed E-state index contributed by atoms with van der Waals surface area (Å²) in [5, 5.41) is 11.5. The fraction of sp³-hybridized carbons (Fsp3) is 0.500. The Hall–Kier alpha value is -1.76. The number of hydrogen-bond donors (Lipinski definition) is 2. The van der Waals surface area contributed by atoms with Crippen LogP contribution in [-0.4, -0.2) is 34.6 Å². The number of hydrogen-bond acceptors (Lipinski definition) is 4. The molecule has 0 radical (unpaired) electrons. The molecular weight excluding hydrogens is 321 g/mol. The summed E-state index contributed by atoms with van der Waals surface area (Å²) in [6, 6.07) is 3.43. The second kappa shape index (κ2) is 8.19. The lowest BCUT2D eigenvalue weighted by Crippen LogP contribution is -2.44. The van der Waals surface area contributed by atoms with Crippen LogP contribution in [-0.2, 0) is 15.3 Å². The number of amides is 1. The Morgan fingerprint density at radius 3 is 2.61 bits per heavy atom. The Morgan fingerprint density at radius 2 is 2.04 bits per heavy atom. The van der Waals surface area contributed by atoms with E-state index in [-0.39, 0.29) is 11.6 Å². The van der Waals surface area contributed by atoms with Gasteiger partial charge in [-0.25, -0.2) is 14.0 Å². The molecule has 1 unspecified atom stereocenters. The van der Waals surface area contributed by atoms with Gasteiger partial charge in [-0.3, -0.25) is 0 Å². The molecule has 2 N–H and O–H groups in total. The van der Waals surface area contributed by atoms with Crippen LogP contribution in [0.4, 0.5) is 9.18 Å². The number of carboxylic acid groups (broad SMARTS) is 1. The lowest BCUT2D eigenvalue weighted by atomic mass is 10.1. The Morgan fingerprint density at radius 1 is 1.39 bits per heavy atom. The molecule has 0 saturated heterocycles. The van der Waals surface area contributed by atoms with Crippen molar-refractivity contribution in [3.8, 4) is 0 Å². The third-order valence-corrected chi connectivity index (χ3v) is 3.93. The maximum absolute atomic E-state index is 13.2. The molecule has 23 heavy (non-hydrogen) atoms. The van der Waals surface area contributed by atoms with Crippen molar-refractivity contribution in [1.82, 2.24) is 5.32 Å². The summed E-state index contributed by atoms with van der Waals surface area (Å²) in [6.07, 6.45) is -0.771. The summed E-state index contributed by atoms with van der Waals surface area (Å²) >= 11 is 1.31. The van der Waals surface area contributed by atoms with Gasteiger partial charge in [-0.1, -0.05) is 6.07 Å². The third kappa shape index (κ3) is 7.36. The summed E-state index contributed by atoms with van der Waals surface area (Å²) in [7, 11) is 0. The highest BCUT2D eigenvalue weighted by Crippen LogP contribution is 2.18. The molecule has 1 amide bonds. The molecule has 7 heteroatoms. The zero-order chi connectivity index (χ0) is 17.6. The number of aliphatic carboxylic acids is 1. The fourth-order valence-electron chi connectivity index (χ4n) is 1.71. The number of carbonyl (C=O) groups excluding carboxylic acids is 1. The number of ether oxygens (including phenoxy) is 1. The summed E-state index contributed by atoms with van der Waals surface area (Å²) in [4.78, 5) is 22.9. The molecule has 0 bridgehead atoms. The molecule has 5 nitrogen and oxygen atoms in total. The zero-order valence-corrected chi connectivity index (χ0v) is 14.5. The predicted molar refractivity (Wildman–Crippen MR) is 88.1 cm³/mol. The van der Waals surface area contributed by atoms with Crippen molar-refractivity contribution in [2.24, 2.45) is 0 Å². The van der Waals surface area contributed by atoms with Crippen LogP contribution in [0, 0.1) is 12.7 Å². The van der Waals surface area contributed by atoms with Gasteiger partial charge < -0.3 is 15.2 Å². The van der Waals surface area contributed by atoms with Crippen LogP contribution in [0.25, 0.3) is 0 Å². The molecule has 0 spiro atoms. The smallest absolute Gasteiger partial charge is 0.408 e. The highest BCUT2D eigenvalue weighted by molar-refractivity contribution is 7.98. The standard InChI is InChI=1S/C16H22FNO4S/c1-10-5-6-12(17)7-11(10)8-23-9-13(14(19)20)18-15(21)22-16(2,3)4/h5-7,13H,8-9H2,1-4H3,(H,18,21)(H,19,20). The molecule has 0 aliphatic carbocycles. The molecule has 1 aromatic carbocycles. The van der Waals surface area contributed by atoms with Gasteiger partial charge in [0.15, 0.2) is 0 Å². The zero-order valence-electron chi connectivity index (χ0n) is 13.7. The van der Waals surface area contributed by atoms with E-state index in [2.05, 4.69) is 5.32 Å². The highest BCUT2D eigenvalue weighted by Gasteiger charge is 2.23. The van der Waals surface area contributed by atoms with Gasteiger partial charge in [0.25, 0.3) is 0 Å². The van der Waals surface area contributed by atoms with Gasteiger partial charge >= 0.3 is 12.1 Å². The minimum absolute atomic E-state index is 0.157. The van der Waals surface area contributed by atoms with Crippen molar-refractivity contribution >= 4 is 23.8 Å². The molecule has 0 heterocycles. The van der Waals surface area contributed by atoms with Crippen LogP contribution in [0.15, 0.2) is 18.2 Å². The quantitative estimate of drug-likeness (QED) is 0.828. The van der Waals surface area contributed by atoms with E-state index in [1.54, 1.807) is 26.8 Å². The van der Waals surface area contributed by atoms with Gasteiger partial charge in [0, 0.05) is 11.5 Å². The van der Waals surface area contributed by atoms with Crippen LogP contribution >= 0.6 is 11.8 Å². The second-order valence-electron chi connectivity index (χ2n) is 6.12. The summed E-state index contributed by atoms with van der Waals surface area (Å²) in [6.45, 7) is 6.96. The van der Waals surface area contributed by atoms with E-state index in [1.165, 1.54) is 23.9 Å². The molecule has 0 aliphatic heterocycles. The van der Waals surface area contributed by atoms with E-state index >= 15 is 0 Å². The first kappa shape index (κ1) is 19.3. The van der Waals surface area contributed by atoms with Gasteiger partial charge in [0.1, 0.15) is 17.5 Å². The number of carbonyl (C=O) groups is 2. The Balaban J connectivity index is 2.55. The van der Waals surface area contributed by atoms with E-state index in [0.29, 0.717) is 5.75 Å². The van der Waals surface area contributed by atoms with Crippen molar-refractivity contribution in [2.75, 3.05) is 5.75 Å². The lowest BCUT2D eigenvalue weighted by Gasteiger charge is -2.22. The van der Waals surface area contributed by atoms with E-state index in [0.717, 1.165) is 11.1 Å². The van der Waals surface area contributed by atoms with Gasteiger partial charge in [-0.15, -0.1) is 0 Å². The monoisotopic (exact) mass is 343 g/mol. The Bertz CT molecular complexity index is 572. The number of nitrogens with one attached hydrogen (secondary N) is 1. The number of carboxylic acids is 1. The largest absolute Gasteiger partial charge is 0.480 e. The fourth-order valence-corrected chi connectivity index (χ4v) is 2.82. The number of alkyl carbamates (subject to hydrolysis) is 1.